The van der Waals surface area contributed by atoms with Crippen LogP contribution in [0.2, 0.25) is 0 Å². The number of fused-ring (bicyclic) bond motifs is 1. The smallest absolute Gasteiger partial charge is 0.0788 e. The van der Waals surface area contributed by atoms with Crippen LogP contribution < -0.4 is 5.73 Å². The molecule has 0 bridgehead atoms. The fourth-order valence-corrected chi connectivity index (χ4v) is 3.52. The molecule has 0 radical (unpaired) electrons. The summed E-state index contributed by atoms with van der Waals surface area (Å²) in [5.74, 6) is 0. The van der Waals surface area contributed by atoms with Crippen molar-refractivity contribution in [1.82, 2.24) is 4.98 Å². The van der Waals surface area contributed by atoms with Gasteiger partial charge in [0.15, 0.2) is 0 Å². The lowest BCUT2D eigenvalue weighted by molar-refractivity contribution is 0.648. The number of thiophene rings is 1. The van der Waals surface area contributed by atoms with Gasteiger partial charge in [-0.3, -0.25) is 4.98 Å². The summed E-state index contributed by atoms with van der Waals surface area (Å²) in [6.45, 7) is 2.17. The maximum atomic E-state index is 6.20. The molecule has 3 heteroatoms. The van der Waals surface area contributed by atoms with Crippen molar-refractivity contribution in [2.45, 2.75) is 25.8 Å². The highest BCUT2D eigenvalue weighted by Crippen LogP contribution is 2.35. The Bertz CT molecular complexity index is 712. The van der Waals surface area contributed by atoms with Crippen molar-refractivity contribution in [2.24, 2.45) is 5.73 Å². The van der Waals surface area contributed by atoms with E-state index in [1.54, 1.807) is 11.3 Å². The van der Waals surface area contributed by atoms with E-state index in [4.69, 9.17) is 5.73 Å². The number of pyridine rings is 1. The van der Waals surface area contributed by atoms with Crippen LogP contribution in [0.5, 0.6) is 0 Å². The summed E-state index contributed by atoms with van der Waals surface area (Å²) >= 11 is 1.78. The molecule has 0 aliphatic heterocycles. The van der Waals surface area contributed by atoms with Crippen LogP contribution >= 0.6 is 11.3 Å². The van der Waals surface area contributed by atoms with Crippen molar-refractivity contribution in [1.29, 1.82) is 0 Å². The Morgan fingerprint density at radius 2 is 2.00 bits per heavy atom. The first-order valence-electron chi connectivity index (χ1n) is 6.99. The van der Waals surface area contributed by atoms with E-state index in [0.29, 0.717) is 0 Å². The van der Waals surface area contributed by atoms with Crippen molar-refractivity contribution in [3.63, 3.8) is 0 Å². The summed E-state index contributed by atoms with van der Waals surface area (Å²) in [6.07, 6.45) is 4.00. The number of hydrogen-bond donors (Lipinski definition) is 1. The third-order valence-corrected chi connectivity index (χ3v) is 4.74. The normalized spacial score (nSPS) is 12.7. The number of hydrogen-bond acceptors (Lipinski definition) is 3. The Morgan fingerprint density at radius 3 is 2.85 bits per heavy atom. The minimum absolute atomic E-state index is 0.154. The lowest BCUT2D eigenvalue weighted by Gasteiger charge is -2.07. The minimum atomic E-state index is 0.154. The molecule has 0 saturated carbocycles. The number of rotatable bonds is 4. The second kappa shape index (κ2) is 5.73. The first-order valence-corrected chi connectivity index (χ1v) is 7.80. The highest BCUT2D eigenvalue weighted by Gasteiger charge is 2.11. The Morgan fingerprint density at radius 1 is 1.15 bits per heavy atom. The molecule has 0 saturated heterocycles. The van der Waals surface area contributed by atoms with Crippen LogP contribution in [0.15, 0.2) is 48.7 Å². The molecule has 20 heavy (non-hydrogen) atoms. The number of aromatic nitrogens is 1. The van der Waals surface area contributed by atoms with Gasteiger partial charge in [-0.2, -0.15) is 0 Å². The maximum absolute atomic E-state index is 6.20. The van der Waals surface area contributed by atoms with Gasteiger partial charge in [0, 0.05) is 32.9 Å². The molecule has 0 aliphatic rings. The van der Waals surface area contributed by atoms with E-state index in [-0.39, 0.29) is 6.04 Å². The van der Waals surface area contributed by atoms with Crippen molar-refractivity contribution in [3.8, 4) is 10.4 Å². The van der Waals surface area contributed by atoms with Crippen molar-refractivity contribution in [3.05, 3.63) is 53.5 Å². The lowest BCUT2D eigenvalue weighted by atomic mass is 10.1. The number of para-hydroxylation sites is 1. The topological polar surface area (TPSA) is 38.9 Å². The van der Waals surface area contributed by atoms with Gasteiger partial charge in [0.05, 0.1) is 5.52 Å². The van der Waals surface area contributed by atoms with E-state index < -0.39 is 0 Å². The molecule has 0 spiro atoms. The van der Waals surface area contributed by atoms with E-state index in [2.05, 4.69) is 48.3 Å². The van der Waals surface area contributed by atoms with Crippen LogP contribution in [-0.4, -0.2) is 4.98 Å². The van der Waals surface area contributed by atoms with Crippen LogP contribution in [-0.2, 0) is 0 Å². The van der Waals surface area contributed by atoms with Crippen molar-refractivity contribution in [2.75, 3.05) is 0 Å². The monoisotopic (exact) mass is 282 g/mol. The fourth-order valence-electron chi connectivity index (χ4n) is 2.45. The quantitative estimate of drug-likeness (QED) is 0.749. The molecule has 0 fully saturated rings. The average Bonchev–Trinajstić information content (AvgIpc) is 2.97. The summed E-state index contributed by atoms with van der Waals surface area (Å²) in [7, 11) is 0. The van der Waals surface area contributed by atoms with Gasteiger partial charge in [-0.1, -0.05) is 37.6 Å². The van der Waals surface area contributed by atoms with Crippen LogP contribution in [0.4, 0.5) is 0 Å². The largest absolute Gasteiger partial charge is 0.323 e. The van der Waals surface area contributed by atoms with E-state index in [1.165, 1.54) is 20.7 Å². The predicted molar refractivity (Wildman–Crippen MR) is 86.9 cm³/mol. The molecule has 2 aromatic heterocycles. The second-order valence-corrected chi connectivity index (χ2v) is 6.09. The zero-order valence-electron chi connectivity index (χ0n) is 11.5. The molecular weight excluding hydrogens is 264 g/mol. The molecule has 0 amide bonds. The standard InChI is InChI=1S/C17H18N2S/c1-2-5-14(18)16-10-9-15(20-16)13-8-3-6-12-7-4-11-19-17(12)13/h3-4,6-11,14H,2,5,18H2,1H3. The molecule has 3 rings (SSSR count). The third kappa shape index (κ3) is 2.47. The molecule has 0 aliphatic carbocycles. The van der Waals surface area contributed by atoms with Crippen LogP contribution in [0.1, 0.15) is 30.7 Å². The molecule has 2 nitrogen and oxygen atoms in total. The first-order chi connectivity index (χ1) is 9.79. The average molecular weight is 282 g/mol. The lowest BCUT2D eigenvalue weighted by Crippen LogP contribution is -2.07. The predicted octanol–water partition coefficient (Wildman–Crippen LogP) is 4.76. The number of nitrogens with zero attached hydrogens (tertiary/aromatic N) is 1. The van der Waals surface area contributed by atoms with Crippen molar-refractivity contribution < 1.29 is 0 Å². The van der Waals surface area contributed by atoms with Gasteiger partial charge in [-0.15, -0.1) is 11.3 Å². The van der Waals surface area contributed by atoms with Gasteiger partial charge in [-0.25, -0.2) is 0 Å². The summed E-state index contributed by atoms with van der Waals surface area (Å²) < 4.78 is 0. The van der Waals surface area contributed by atoms with Gasteiger partial charge in [0.1, 0.15) is 0 Å². The zero-order chi connectivity index (χ0) is 13.9. The van der Waals surface area contributed by atoms with Gasteiger partial charge in [0.2, 0.25) is 0 Å². The summed E-state index contributed by atoms with van der Waals surface area (Å²) in [6, 6.07) is 14.9. The Kier molecular flexibility index (Phi) is 3.81. The summed E-state index contributed by atoms with van der Waals surface area (Å²) in [4.78, 5) is 7.03. The van der Waals surface area contributed by atoms with Gasteiger partial charge < -0.3 is 5.73 Å². The second-order valence-electron chi connectivity index (χ2n) is 4.98. The highest BCUT2D eigenvalue weighted by atomic mass is 32.1. The van der Waals surface area contributed by atoms with E-state index >= 15 is 0 Å². The van der Waals surface area contributed by atoms with Gasteiger partial charge in [0.25, 0.3) is 0 Å². The molecular formula is C17H18N2S. The van der Waals surface area contributed by atoms with Crippen LogP contribution in [0, 0.1) is 0 Å². The van der Waals surface area contributed by atoms with Crippen LogP contribution in [0.25, 0.3) is 21.3 Å². The molecule has 1 unspecified atom stereocenters. The SMILES string of the molecule is CCCC(N)c1ccc(-c2cccc3cccnc23)s1. The first kappa shape index (κ1) is 13.3. The number of benzene rings is 1. The molecule has 2 heterocycles. The number of nitrogens with two attached hydrogens (primary N) is 1. The summed E-state index contributed by atoms with van der Waals surface area (Å²) in [5, 5.41) is 1.18. The van der Waals surface area contributed by atoms with Crippen molar-refractivity contribution >= 4 is 22.2 Å². The summed E-state index contributed by atoms with van der Waals surface area (Å²) in [5.41, 5.74) is 8.46. The molecule has 102 valence electrons. The van der Waals surface area contributed by atoms with E-state index in [9.17, 15) is 0 Å². The molecule has 2 N–H and O–H groups in total. The Hall–Kier alpha value is -1.71. The minimum Gasteiger partial charge on any atom is -0.323 e. The van der Waals surface area contributed by atoms with Crippen LogP contribution in [0.3, 0.4) is 0 Å². The maximum Gasteiger partial charge on any atom is 0.0788 e. The van der Waals surface area contributed by atoms with E-state index in [1.807, 2.05) is 12.3 Å². The Balaban J connectivity index is 2.03. The molecule has 3 aromatic rings. The zero-order valence-corrected chi connectivity index (χ0v) is 12.4. The van der Waals surface area contributed by atoms with E-state index in [0.717, 1.165) is 18.4 Å². The van der Waals surface area contributed by atoms with Gasteiger partial charge in [-0.05, 0) is 24.6 Å². The highest BCUT2D eigenvalue weighted by molar-refractivity contribution is 7.15. The molecule has 1 aromatic carbocycles. The fraction of sp³-hybridized carbons (Fsp3) is 0.235. The third-order valence-electron chi connectivity index (χ3n) is 3.49. The Labute approximate surface area is 123 Å². The van der Waals surface area contributed by atoms with Gasteiger partial charge >= 0.3 is 0 Å². The molecule has 1 atom stereocenters.